The van der Waals surface area contributed by atoms with Crippen LogP contribution in [-0.2, 0) is 9.84 Å². The van der Waals surface area contributed by atoms with E-state index >= 15 is 0 Å². The van der Waals surface area contributed by atoms with Gasteiger partial charge in [-0.3, -0.25) is 10.1 Å². The first-order valence-corrected chi connectivity index (χ1v) is 10.6. The fourth-order valence-corrected chi connectivity index (χ4v) is 4.68. The molecule has 3 aromatic rings. The van der Waals surface area contributed by atoms with Crippen LogP contribution in [0.1, 0.15) is 35.3 Å². The number of hydrogen-bond acceptors (Lipinski definition) is 5. The topological polar surface area (TPSA) is 76.1 Å². The quantitative estimate of drug-likeness (QED) is 0.721. The predicted molar refractivity (Wildman–Crippen MR) is 106 cm³/mol. The number of nitrogens with one attached hydrogen (secondary N) is 1. The van der Waals surface area contributed by atoms with Gasteiger partial charge < -0.3 is 0 Å². The Kier molecular flexibility index (Phi) is 4.86. The number of aryl methyl sites for hydroxylation is 2. The van der Waals surface area contributed by atoms with E-state index in [0.29, 0.717) is 10.7 Å². The Morgan fingerprint density at radius 3 is 2.46 bits per heavy atom. The third kappa shape index (κ3) is 3.37. The van der Waals surface area contributed by atoms with Crippen LogP contribution in [0.15, 0.2) is 41.3 Å². The standard InChI is InChI=1S/C19H20N2O3S2/c1-11(2)26(23,24)15-7-5-6-14(10-15)18(22)21-19-20-16-12(3)8-9-13(4)17(16)25-19/h5-11H,1-4H3,(H,20,21,22). The molecule has 0 aliphatic heterocycles. The maximum Gasteiger partial charge on any atom is 0.257 e. The van der Waals surface area contributed by atoms with Crippen molar-refractivity contribution in [3.8, 4) is 0 Å². The number of hydrogen-bond donors (Lipinski definition) is 1. The number of carbonyl (C=O) groups is 1. The first kappa shape index (κ1) is 18.5. The van der Waals surface area contributed by atoms with E-state index in [1.54, 1.807) is 26.0 Å². The smallest absolute Gasteiger partial charge is 0.257 e. The molecule has 0 atom stereocenters. The number of carbonyl (C=O) groups excluding carboxylic acids is 1. The summed E-state index contributed by atoms with van der Waals surface area (Å²) in [4.78, 5) is 17.2. The molecule has 0 fully saturated rings. The van der Waals surface area contributed by atoms with Crippen molar-refractivity contribution in [1.82, 2.24) is 4.98 Å². The van der Waals surface area contributed by atoms with Gasteiger partial charge in [0.15, 0.2) is 15.0 Å². The van der Waals surface area contributed by atoms with E-state index in [2.05, 4.69) is 10.3 Å². The zero-order chi connectivity index (χ0) is 19.1. The first-order valence-electron chi connectivity index (χ1n) is 8.22. The third-order valence-electron chi connectivity index (χ3n) is 4.21. The van der Waals surface area contributed by atoms with E-state index < -0.39 is 15.1 Å². The highest BCUT2D eigenvalue weighted by Gasteiger charge is 2.21. The number of thiazole rings is 1. The molecule has 0 saturated heterocycles. The summed E-state index contributed by atoms with van der Waals surface area (Å²) in [5.74, 6) is -0.375. The van der Waals surface area contributed by atoms with Gasteiger partial charge in [-0.15, -0.1) is 0 Å². The molecule has 7 heteroatoms. The summed E-state index contributed by atoms with van der Waals surface area (Å²) < 4.78 is 25.7. The molecule has 26 heavy (non-hydrogen) atoms. The first-order chi connectivity index (χ1) is 12.2. The van der Waals surface area contributed by atoms with Gasteiger partial charge in [-0.25, -0.2) is 13.4 Å². The number of benzene rings is 2. The van der Waals surface area contributed by atoms with Gasteiger partial charge in [0, 0.05) is 5.56 Å². The molecule has 0 radical (unpaired) electrons. The van der Waals surface area contributed by atoms with Gasteiger partial charge in [-0.1, -0.05) is 29.5 Å². The van der Waals surface area contributed by atoms with Crippen LogP contribution in [0.2, 0.25) is 0 Å². The Morgan fingerprint density at radius 1 is 1.12 bits per heavy atom. The molecule has 136 valence electrons. The van der Waals surface area contributed by atoms with Crippen molar-refractivity contribution in [2.75, 3.05) is 5.32 Å². The predicted octanol–water partition coefficient (Wildman–Crippen LogP) is 4.35. The fraction of sp³-hybridized carbons (Fsp3) is 0.263. The highest BCUT2D eigenvalue weighted by atomic mass is 32.2. The minimum Gasteiger partial charge on any atom is -0.298 e. The Morgan fingerprint density at radius 2 is 1.81 bits per heavy atom. The molecule has 1 N–H and O–H groups in total. The van der Waals surface area contributed by atoms with Gasteiger partial charge in [-0.2, -0.15) is 0 Å². The lowest BCUT2D eigenvalue weighted by atomic mass is 10.1. The van der Waals surface area contributed by atoms with Crippen LogP contribution in [-0.4, -0.2) is 24.6 Å². The number of aromatic nitrogens is 1. The second kappa shape index (κ2) is 6.81. The molecule has 0 saturated carbocycles. The van der Waals surface area contributed by atoms with E-state index in [1.807, 2.05) is 26.0 Å². The monoisotopic (exact) mass is 388 g/mol. The van der Waals surface area contributed by atoms with Gasteiger partial charge in [0.1, 0.15) is 0 Å². The van der Waals surface area contributed by atoms with Gasteiger partial charge in [0.05, 0.1) is 20.4 Å². The van der Waals surface area contributed by atoms with Crippen LogP contribution in [0.4, 0.5) is 5.13 Å². The van der Waals surface area contributed by atoms with Crippen molar-refractivity contribution in [3.63, 3.8) is 0 Å². The number of sulfone groups is 1. The summed E-state index contributed by atoms with van der Waals surface area (Å²) in [6.45, 7) is 7.22. The van der Waals surface area contributed by atoms with Crippen LogP contribution in [0.25, 0.3) is 10.2 Å². The number of anilines is 1. The van der Waals surface area contributed by atoms with Crippen LogP contribution in [0, 0.1) is 13.8 Å². The van der Waals surface area contributed by atoms with Crippen molar-refractivity contribution in [2.24, 2.45) is 0 Å². The van der Waals surface area contributed by atoms with Gasteiger partial charge in [-0.05, 0) is 57.0 Å². The molecule has 5 nitrogen and oxygen atoms in total. The molecular formula is C19H20N2O3S2. The van der Waals surface area contributed by atoms with Crippen molar-refractivity contribution >= 4 is 42.4 Å². The number of rotatable bonds is 4. The van der Waals surface area contributed by atoms with Crippen molar-refractivity contribution in [2.45, 2.75) is 37.8 Å². The molecule has 0 aliphatic rings. The van der Waals surface area contributed by atoms with Crippen LogP contribution >= 0.6 is 11.3 Å². The zero-order valence-electron chi connectivity index (χ0n) is 15.0. The van der Waals surface area contributed by atoms with E-state index in [4.69, 9.17) is 0 Å². The molecule has 2 aromatic carbocycles. The van der Waals surface area contributed by atoms with E-state index in [9.17, 15) is 13.2 Å². The summed E-state index contributed by atoms with van der Waals surface area (Å²) in [7, 11) is -3.43. The van der Waals surface area contributed by atoms with Crippen molar-refractivity contribution in [3.05, 3.63) is 53.1 Å². The normalized spacial score (nSPS) is 11.9. The Labute approximate surface area is 157 Å². The SMILES string of the molecule is Cc1ccc(C)c2sc(NC(=O)c3cccc(S(=O)(=O)C(C)C)c3)nc12. The highest BCUT2D eigenvalue weighted by Crippen LogP contribution is 2.31. The molecule has 1 heterocycles. The minimum absolute atomic E-state index is 0.149. The number of nitrogens with zero attached hydrogens (tertiary/aromatic N) is 1. The summed E-state index contributed by atoms with van der Waals surface area (Å²) in [5, 5.41) is 2.74. The number of fused-ring (bicyclic) bond motifs is 1. The summed E-state index contributed by atoms with van der Waals surface area (Å²) >= 11 is 1.41. The fourth-order valence-electron chi connectivity index (χ4n) is 2.57. The van der Waals surface area contributed by atoms with Gasteiger partial charge in [0.25, 0.3) is 5.91 Å². The van der Waals surface area contributed by atoms with E-state index in [1.165, 1.54) is 23.5 Å². The van der Waals surface area contributed by atoms with Crippen LogP contribution in [0.3, 0.4) is 0 Å². The summed E-state index contributed by atoms with van der Waals surface area (Å²) in [6, 6.07) is 10.1. The zero-order valence-corrected chi connectivity index (χ0v) is 16.7. The molecule has 1 amide bonds. The largest absolute Gasteiger partial charge is 0.298 e. The second-order valence-corrected chi connectivity index (χ2v) is 9.98. The minimum atomic E-state index is -3.43. The molecule has 0 unspecified atom stereocenters. The Balaban J connectivity index is 1.92. The lowest BCUT2D eigenvalue weighted by Gasteiger charge is -2.09. The van der Waals surface area contributed by atoms with Crippen LogP contribution < -0.4 is 5.32 Å². The molecule has 0 aliphatic carbocycles. The Bertz CT molecular complexity index is 1060. The average molecular weight is 389 g/mol. The van der Waals surface area contributed by atoms with Crippen LogP contribution in [0.5, 0.6) is 0 Å². The van der Waals surface area contributed by atoms with Crippen molar-refractivity contribution in [1.29, 1.82) is 0 Å². The lowest BCUT2D eigenvalue weighted by molar-refractivity contribution is 0.102. The lowest BCUT2D eigenvalue weighted by Crippen LogP contribution is -2.16. The van der Waals surface area contributed by atoms with E-state index in [0.717, 1.165) is 21.3 Å². The second-order valence-electron chi connectivity index (χ2n) is 6.47. The van der Waals surface area contributed by atoms with Crippen molar-refractivity contribution < 1.29 is 13.2 Å². The summed E-state index contributed by atoms with van der Waals surface area (Å²) in [6.07, 6.45) is 0. The maximum absolute atomic E-state index is 12.6. The number of amides is 1. The summed E-state index contributed by atoms with van der Waals surface area (Å²) in [5.41, 5.74) is 3.32. The molecule has 0 bridgehead atoms. The third-order valence-corrected chi connectivity index (χ3v) is 7.47. The van der Waals surface area contributed by atoms with Gasteiger partial charge >= 0.3 is 0 Å². The van der Waals surface area contributed by atoms with E-state index in [-0.39, 0.29) is 10.8 Å². The molecular weight excluding hydrogens is 368 g/mol. The molecule has 1 aromatic heterocycles. The Hall–Kier alpha value is -2.25. The average Bonchev–Trinajstić information content (AvgIpc) is 3.03. The molecule has 3 rings (SSSR count). The van der Waals surface area contributed by atoms with Gasteiger partial charge in [0.2, 0.25) is 0 Å². The highest BCUT2D eigenvalue weighted by molar-refractivity contribution is 7.92. The maximum atomic E-state index is 12.6. The molecule has 0 spiro atoms.